The number of benzene rings is 2. The van der Waals surface area contributed by atoms with Gasteiger partial charge in [-0.2, -0.15) is 10.1 Å². The first-order chi connectivity index (χ1) is 11.6. The zero-order valence-corrected chi connectivity index (χ0v) is 13.6. The van der Waals surface area contributed by atoms with Crippen LogP contribution in [-0.2, 0) is 4.79 Å². The molecule has 3 rings (SSSR count). The number of rotatable bonds is 4. The molecule has 1 amide bonds. The van der Waals surface area contributed by atoms with E-state index in [0.717, 1.165) is 11.4 Å². The molecule has 122 valence electrons. The predicted molar refractivity (Wildman–Crippen MR) is 95.9 cm³/mol. The van der Waals surface area contributed by atoms with Gasteiger partial charge in [-0.15, -0.1) is 0 Å². The number of aromatic hydroxyl groups is 1. The number of amides is 1. The van der Waals surface area contributed by atoms with Crippen LogP contribution in [-0.4, -0.2) is 22.9 Å². The average Bonchev–Trinajstić information content (AvgIpc) is 2.92. The molecule has 1 heterocycles. The Bertz CT molecular complexity index is 797. The highest BCUT2D eigenvalue weighted by Gasteiger charge is 2.36. The van der Waals surface area contributed by atoms with E-state index in [1.54, 1.807) is 30.5 Å². The third-order valence-corrected chi connectivity index (χ3v) is 3.85. The zero-order valence-electron chi connectivity index (χ0n) is 13.6. The second-order valence-electron chi connectivity index (χ2n) is 5.91. The van der Waals surface area contributed by atoms with Gasteiger partial charge in [0, 0.05) is 6.21 Å². The number of hydrogen-bond acceptors (Lipinski definition) is 4. The highest BCUT2D eigenvalue weighted by molar-refractivity contribution is 6.24. The zero-order chi connectivity index (χ0) is 17.1. The monoisotopic (exact) mass is 321 g/mol. The lowest BCUT2D eigenvalue weighted by Crippen LogP contribution is -2.29. The summed E-state index contributed by atoms with van der Waals surface area (Å²) in [7, 11) is 0. The molecule has 0 saturated carbocycles. The second kappa shape index (κ2) is 6.66. The molecule has 1 aliphatic heterocycles. The Kier molecular flexibility index (Phi) is 4.42. The molecule has 0 saturated heterocycles. The van der Waals surface area contributed by atoms with Crippen molar-refractivity contribution in [1.82, 2.24) is 0 Å². The quantitative estimate of drug-likeness (QED) is 0.871. The minimum absolute atomic E-state index is 0.0853. The van der Waals surface area contributed by atoms with Gasteiger partial charge in [0.05, 0.1) is 11.4 Å². The van der Waals surface area contributed by atoms with Crippen LogP contribution in [0, 0.1) is 11.8 Å². The lowest BCUT2D eigenvalue weighted by Gasteiger charge is -2.12. The van der Waals surface area contributed by atoms with Gasteiger partial charge < -0.3 is 5.11 Å². The molecule has 1 N–H and O–H groups in total. The van der Waals surface area contributed by atoms with Crippen molar-refractivity contribution in [3.8, 4) is 5.75 Å². The number of aliphatic imine (C=N–C) groups is 1. The Hall–Kier alpha value is -2.95. The van der Waals surface area contributed by atoms with E-state index in [1.165, 1.54) is 5.01 Å². The van der Waals surface area contributed by atoms with Crippen molar-refractivity contribution in [2.24, 2.45) is 21.9 Å². The molecule has 1 aliphatic rings. The van der Waals surface area contributed by atoms with Gasteiger partial charge in [-0.3, -0.25) is 9.79 Å². The van der Waals surface area contributed by atoms with Crippen LogP contribution in [0.5, 0.6) is 5.75 Å². The molecule has 5 nitrogen and oxygen atoms in total. The fraction of sp³-hybridized carbons (Fsp3) is 0.211. The Morgan fingerprint density at radius 1 is 1.12 bits per heavy atom. The molecular weight excluding hydrogens is 302 g/mol. The van der Waals surface area contributed by atoms with Gasteiger partial charge in [0.15, 0.2) is 0 Å². The minimum atomic E-state index is -0.523. The maximum Gasteiger partial charge on any atom is 0.261 e. The van der Waals surface area contributed by atoms with Crippen LogP contribution in [0.3, 0.4) is 0 Å². The Morgan fingerprint density at radius 3 is 2.46 bits per heavy atom. The molecular formula is C19H19N3O2. The van der Waals surface area contributed by atoms with Gasteiger partial charge in [0.1, 0.15) is 17.4 Å². The minimum Gasteiger partial charge on any atom is -0.506 e. The standard InChI is InChI=1S/C19H19N3O2/c1-13(2)18-15(12-20-16-10-6-7-11-17(16)23)19(24)22(21-18)14-8-4-3-5-9-14/h3-13,15,23H,1-2H3/b20-12+. The molecule has 5 heteroatoms. The largest absolute Gasteiger partial charge is 0.506 e. The van der Waals surface area contributed by atoms with Gasteiger partial charge in [0.2, 0.25) is 0 Å². The number of phenols is 1. The predicted octanol–water partition coefficient (Wildman–Crippen LogP) is 3.77. The third kappa shape index (κ3) is 3.06. The lowest BCUT2D eigenvalue weighted by molar-refractivity contribution is -0.118. The van der Waals surface area contributed by atoms with Crippen LogP contribution in [0.1, 0.15) is 13.8 Å². The van der Waals surface area contributed by atoms with Crippen LogP contribution in [0.25, 0.3) is 0 Å². The summed E-state index contributed by atoms with van der Waals surface area (Å²) in [6.07, 6.45) is 1.57. The van der Waals surface area contributed by atoms with Gasteiger partial charge in [-0.25, -0.2) is 0 Å². The van der Waals surface area contributed by atoms with Crippen molar-refractivity contribution in [3.05, 3.63) is 54.6 Å². The van der Waals surface area contributed by atoms with Crippen LogP contribution >= 0.6 is 0 Å². The summed E-state index contributed by atoms with van der Waals surface area (Å²) in [4.78, 5) is 17.1. The van der Waals surface area contributed by atoms with Gasteiger partial charge in [-0.1, -0.05) is 44.2 Å². The molecule has 1 unspecified atom stereocenters. The number of hydrogen-bond donors (Lipinski definition) is 1. The van der Waals surface area contributed by atoms with Crippen molar-refractivity contribution >= 4 is 29.2 Å². The number of para-hydroxylation sites is 3. The fourth-order valence-corrected chi connectivity index (χ4v) is 2.58. The molecule has 0 aromatic heterocycles. The number of carbonyl (C=O) groups excluding carboxylic acids is 1. The molecule has 0 spiro atoms. The molecule has 0 aliphatic carbocycles. The first-order valence-electron chi connectivity index (χ1n) is 7.87. The maximum absolute atomic E-state index is 12.8. The normalized spacial score (nSPS) is 17.8. The first-order valence-corrected chi connectivity index (χ1v) is 7.87. The fourth-order valence-electron chi connectivity index (χ4n) is 2.58. The first kappa shape index (κ1) is 15.9. The molecule has 0 bridgehead atoms. The topological polar surface area (TPSA) is 65.3 Å². The van der Waals surface area contributed by atoms with E-state index in [4.69, 9.17) is 0 Å². The van der Waals surface area contributed by atoms with Crippen molar-refractivity contribution in [2.75, 3.05) is 5.01 Å². The summed E-state index contributed by atoms with van der Waals surface area (Å²) in [5.74, 6) is -0.459. The number of hydrazone groups is 1. The lowest BCUT2D eigenvalue weighted by atomic mass is 9.95. The maximum atomic E-state index is 12.8. The van der Waals surface area contributed by atoms with E-state index in [0.29, 0.717) is 5.69 Å². The number of anilines is 1. The van der Waals surface area contributed by atoms with Gasteiger partial charge in [-0.05, 0) is 30.2 Å². The second-order valence-corrected chi connectivity index (χ2v) is 5.91. The summed E-state index contributed by atoms with van der Waals surface area (Å²) in [6, 6.07) is 16.1. The van der Waals surface area contributed by atoms with Crippen molar-refractivity contribution in [3.63, 3.8) is 0 Å². The molecule has 2 aromatic rings. The third-order valence-electron chi connectivity index (χ3n) is 3.85. The Balaban J connectivity index is 1.91. The summed E-state index contributed by atoms with van der Waals surface area (Å²) < 4.78 is 0. The summed E-state index contributed by atoms with van der Waals surface area (Å²) in [5.41, 5.74) is 1.94. The average molecular weight is 321 g/mol. The van der Waals surface area contributed by atoms with Crippen molar-refractivity contribution in [2.45, 2.75) is 13.8 Å². The van der Waals surface area contributed by atoms with Crippen molar-refractivity contribution < 1.29 is 9.90 Å². The van der Waals surface area contributed by atoms with Crippen LogP contribution in [0.15, 0.2) is 64.7 Å². The summed E-state index contributed by atoms with van der Waals surface area (Å²) >= 11 is 0. The van der Waals surface area contributed by atoms with Gasteiger partial charge in [0.25, 0.3) is 5.91 Å². The van der Waals surface area contributed by atoms with Gasteiger partial charge >= 0.3 is 0 Å². The van der Waals surface area contributed by atoms with E-state index in [1.807, 2.05) is 44.2 Å². The van der Waals surface area contributed by atoms with E-state index < -0.39 is 5.92 Å². The number of carbonyl (C=O) groups is 1. The van der Waals surface area contributed by atoms with E-state index in [2.05, 4.69) is 10.1 Å². The number of phenolic OH excluding ortho intramolecular Hbond substituents is 1. The van der Waals surface area contributed by atoms with Crippen molar-refractivity contribution in [1.29, 1.82) is 0 Å². The van der Waals surface area contributed by atoms with E-state index in [9.17, 15) is 9.90 Å². The smallest absolute Gasteiger partial charge is 0.261 e. The van der Waals surface area contributed by atoms with Crippen LogP contribution in [0.4, 0.5) is 11.4 Å². The summed E-state index contributed by atoms with van der Waals surface area (Å²) in [5, 5.41) is 15.7. The Morgan fingerprint density at radius 2 is 1.79 bits per heavy atom. The van der Waals surface area contributed by atoms with Crippen LogP contribution < -0.4 is 5.01 Å². The highest BCUT2D eigenvalue weighted by Crippen LogP contribution is 2.28. The number of nitrogens with zero attached hydrogens (tertiary/aromatic N) is 3. The molecule has 2 aromatic carbocycles. The highest BCUT2D eigenvalue weighted by atomic mass is 16.3. The Labute approximate surface area is 141 Å². The SMILES string of the molecule is CC(C)C1=NN(c2ccccc2)C(=O)C1/C=N/c1ccccc1O. The van der Waals surface area contributed by atoms with Crippen LogP contribution in [0.2, 0.25) is 0 Å². The molecule has 24 heavy (non-hydrogen) atoms. The molecule has 0 radical (unpaired) electrons. The van der Waals surface area contributed by atoms with E-state index in [-0.39, 0.29) is 17.6 Å². The summed E-state index contributed by atoms with van der Waals surface area (Å²) in [6.45, 7) is 4.00. The van der Waals surface area contributed by atoms with E-state index >= 15 is 0 Å². The molecule has 0 fully saturated rings. The molecule has 1 atom stereocenters.